The first kappa shape index (κ1) is 14.4. The lowest BCUT2D eigenvalue weighted by Crippen LogP contribution is -2.44. The summed E-state index contributed by atoms with van der Waals surface area (Å²) in [6.07, 6.45) is 2.16. The number of anilines is 1. The van der Waals surface area contributed by atoms with Crippen LogP contribution in [0.5, 0.6) is 0 Å². The van der Waals surface area contributed by atoms with Gasteiger partial charge in [-0.3, -0.25) is 9.69 Å². The van der Waals surface area contributed by atoms with Crippen LogP contribution in [0, 0.1) is 12.8 Å². The Labute approximate surface area is 118 Å². The number of carbonyl (C=O) groups is 2. The van der Waals surface area contributed by atoms with Gasteiger partial charge in [0.15, 0.2) is 0 Å². The predicted molar refractivity (Wildman–Crippen MR) is 76.9 cm³/mol. The average Bonchev–Trinajstić information content (AvgIpc) is 3.19. The van der Waals surface area contributed by atoms with Gasteiger partial charge in [-0.05, 0) is 43.4 Å². The van der Waals surface area contributed by atoms with E-state index in [2.05, 4.69) is 0 Å². The Morgan fingerprint density at radius 1 is 1.35 bits per heavy atom. The maximum absolute atomic E-state index is 12.4. The van der Waals surface area contributed by atoms with E-state index >= 15 is 0 Å². The van der Waals surface area contributed by atoms with E-state index in [0.717, 1.165) is 24.1 Å². The minimum absolute atomic E-state index is 0.245. The maximum Gasteiger partial charge on any atom is 0.324 e. The maximum atomic E-state index is 12.4. The molecule has 0 atom stereocenters. The van der Waals surface area contributed by atoms with Gasteiger partial charge in [0.05, 0.1) is 0 Å². The summed E-state index contributed by atoms with van der Waals surface area (Å²) in [7, 11) is 1.68. The van der Waals surface area contributed by atoms with Crippen LogP contribution in [0.2, 0.25) is 0 Å². The Morgan fingerprint density at radius 2 is 2.05 bits per heavy atom. The van der Waals surface area contributed by atoms with Crippen molar-refractivity contribution in [2.75, 3.05) is 25.0 Å². The van der Waals surface area contributed by atoms with Gasteiger partial charge in [-0.25, -0.2) is 4.79 Å². The van der Waals surface area contributed by atoms with Gasteiger partial charge in [0.25, 0.3) is 0 Å². The van der Waals surface area contributed by atoms with Gasteiger partial charge >= 0.3 is 12.0 Å². The summed E-state index contributed by atoms with van der Waals surface area (Å²) in [5.41, 5.74) is 1.84. The van der Waals surface area contributed by atoms with Gasteiger partial charge in [0.2, 0.25) is 0 Å². The standard InChI is InChI=1S/C15H20N2O3/c1-11-4-3-5-13(8-11)16(2)15(20)17(10-14(18)19)9-12-6-7-12/h3-5,8,12H,6-7,9-10H2,1-2H3,(H,18,19). The van der Waals surface area contributed by atoms with E-state index in [9.17, 15) is 9.59 Å². The molecule has 2 amide bonds. The molecule has 0 bridgehead atoms. The lowest BCUT2D eigenvalue weighted by atomic mass is 10.2. The molecule has 0 aromatic heterocycles. The molecule has 0 unspecified atom stereocenters. The average molecular weight is 276 g/mol. The third-order valence-electron chi connectivity index (χ3n) is 3.45. The van der Waals surface area contributed by atoms with Crippen molar-refractivity contribution in [3.63, 3.8) is 0 Å². The van der Waals surface area contributed by atoms with Crippen LogP contribution in [0.4, 0.5) is 10.5 Å². The Kier molecular flexibility index (Phi) is 4.27. The number of urea groups is 1. The summed E-state index contributed by atoms with van der Waals surface area (Å²) in [6.45, 7) is 2.24. The lowest BCUT2D eigenvalue weighted by Gasteiger charge is -2.27. The molecule has 0 saturated heterocycles. The van der Waals surface area contributed by atoms with Crippen LogP contribution < -0.4 is 4.90 Å². The van der Waals surface area contributed by atoms with Crippen LogP contribution in [0.1, 0.15) is 18.4 Å². The largest absolute Gasteiger partial charge is 0.480 e. The van der Waals surface area contributed by atoms with E-state index < -0.39 is 5.97 Å². The first-order valence-corrected chi connectivity index (χ1v) is 6.78. The van der Waals surface area contributed by atoms with Crippen molar-refractivity contribution in [3.05, 3.63) is 29.8 Å². The predicted octanol–water partition coefficient (Wildman–Crippen LogP) is 2.35. The molecule has 0 radical (unpaired) electrons. The number of aryl methyl sites for hydroxylation is 1. The molecule has 2 rings (SSSR count). The number of benzene rings is 1. The number of amides is 2. The second kappa shape index (κ2) is 5.94. The van der Waals surface area contributed by atoms with Crippen LogP contribution in [0.3, 0.4) is 0 Å². The second-order valence-electron chi connectivity index (χ2n) is 5.40. The minimum Gasteiger partial charge on any atom is -0.480 e. The number of carboxylic acid groups (broad SMARTS) is 1. The van der Waals surface area contributed by atoms with Crippen molar-refractivity contribution in [1.82, 2.24) is 4.90 Å². The number of rotatable bonds is 5. The molecule has 5 heteroatoms. The Morgan fingerprint density at radius 3 is 2.60 bits per heavy atom. The monoisotopic (exact) mass is 276 g/mol. The van der Waals surface area contributed by atoms with E-state index in [1.807, 2.05) is 31.2 Å². The molecule has 1 N–H and O–H groups in total. The highest BCUT2D eigenvalue weighted by Crippen LogP contribution is 2.30. The SMILES string of the molecule is Cc1cccc(N(C)C(=O)N(CC(=O)O)CC2CC2)c1. The molecule has 0 spiro atoms. The molecular weight excluding hydrogens is 256 g/mol. The highest BCUT2D eigenvalue weighted by molar-refractivity contribution is 5.93. The molecular formula is C15H20N2O3. The fraction of sp³-hybridized carbons (Fsp3) is 0.467. The van der Waals surface area contributed by atoms with Gasteiger partial charge in [-0.15, -0.1) is 0 Å². The van der Waals surface area contributed by atoms with Crippen LogP contribution in [0.15, 0.2) is 24.3 Å². The topological polar surface area (TPSA) is 60.9 Å². The van der Waals surface area contributed by atoms with E-state index in [1.54, 1.807) is 7.05 Å². The number of aliphatic carboxylic acids is 1. The molecule has 1 saturated carbocycles. The van der Waals surface area contributed by atoms with Gasteiger partial charge in [-0.1, -0.05) is 12.1 Å². The highest BCUT2D eigenvalue weighted by atomic mass is 16.4. The Balaban J connectivity index is 2.10. The van der Waals surface area contributed by atoms with E-state index in [1.165, 1.54) is 9.80 Å². The van der Waals surface area contributed by atoms with Crippen LogP contribution >= 0.6 is 0 Å². The zero-order chi connectivity index (χ0) is 14.7. The van der Waals surface area contributed by atoms with Crippen LogP contribution in [-0.2, 0) is 4.79 Å². The van der Waals surface area contributed by atoms with Crippen molar-refractivity contribution in [2.24, 2.45) is 5.92 Å². The summed E-state index contributed by atoms with van der Waals surface area (Å²) in [5, 5.41) is 8.95. The van der Waals surface area contributed by atoms with Gasteiger partial charge in [-0.2, -0.15) is 0 Å². The fourth-order valence-corrected chi connectivity index (χ4v) is 2.14. The molecule has 20 heavy (non-hydrogen) atoms. The molecule has 0 aliphatic heterocycles. The molecule has 1 aromatic carbocycles. The minimum atomic E-state index is -0.975. The van der Waals surface area contributed by atoms with Gasteiger partial charge in [0, 0.05) is 19.3 Å². The summed E-state index contributed by atoms with van der Waals surface area (Å²) >= 11 is 0. The van der Waals surface area contributed by atoms with Gasteiger partial charge < -0.3 is 10.0 Å². The highest BCUT2D eigenvalue weighted by Gasteiger charge is 2.29. The van der Waals surface area contributed by atoms with Crippen molar-refractivity contribution < 1.29 is 14.7 Å². The molecule has 1 aromatic rings. The van der Waals surface area contributed by atoms with Crippen LogP contribution in [-0.4, -0.2) is 42.1 Å². The smallest absolute Gasteiger partial charge is 0.324 e. The third-order valence-corrected chi connectivity index (χ3v) is 3.45. The summed E-state index contributed by atoms with van der Waals surface area (Å²) < 4.78 is 0. The molecule has 108 valence electrons. The van der Waals surface area contributed by atoms with Crippen molar-refractivity contribution in [2.45, 2.75) is 19.8 Å². The van der Waals surface area contributed by atoms with E-state index in [-0.39, 0.29) is 12.6 Å². The fourth-order valence-electron chi connectivity index (χ4n) is 2.14. The normalized spacial score (nSPS) is 13.9. The number of hydrogen-bond donors (Lipinski definition) is 1. The van der Waals surface area contributed by atoms with Gasteiger partial charge in [0.1, 0.15) is 6.54 Å². The molecule has 5 nitrogen and oxygen atoms in total. The van der Waals surface area contributed by atoms with E-state index in [0.29, 0.717) is 12.5 Å². The first-order chi connectivity index (χ1) is 9.47. The van der Waals surface area contributed by atoms with Crippen LogP contribution in [0.25, 0.3) is 0 Å². The molecule has 1 fully saturated rings. The summed E-state index contributed by atoms with van der Waals surface area (Å²) in [6, 6.07) is 7.34. The van der Waals surface area contributed by atoms with Crippen molar-refractivity contribution in [3.8, 4) is 0 Å². The Bertz CT molecular complexity index is 512. The number of hydrogen-bond acceptors (Lipinski definition) is 2. The van der Waals surface area contributed by atoms with E-state index in [4.69, 9.17) is 5.11 Å². The van der Waals surface area contributed by atoms with Crippen molar-refractivity contribution in [1.29, 1.82) is 0 Å². The summed E-state index contributed by atoms with van der Waals surface area (Å²) in [4.78, 5) is 26.3. The third kappa shape index (κ3) is 3.73. The molecule has 0 heterocycles. The zero-order valence-corrected chi connectivity index (χ0v) is 11.9. The molecule has 1 aliphatic carbocycles. The number of carbonyl (C=O) groups excluding carboxylic acids is 1. The lowest BCUT2D eigenvalue weighted by molar-refractivity contribution is -0.137. The Hall–Kier alpha value is -2.04. The molecule has 1 aliphatic rings. The van der Waals surface area contributed by atoms with Crippen molar-refractivity contribution >= 4 is 17.7 Å². The second-order valence-corrected chi connectivity index (χ2v) is 5.40. The first-order valence-electron chi connectivity index (χ1n) is 6.78. The summed E-state index contributed by atoms with van der Waals surface area (Å²) in [5.74, 6) is -0.513. The quantitative estimate of drug-likeness (QED) is 0.898. The number of nitrogens with zero attached hydrogens (tertiary/aromatic N) is 2. The number of carboxylic acids is 1. The zero-order valence-electron chi connectivity index (χ0n) is 11.9.